The summed E-state index contributed by atoms with van der Waals surface area (Å²) in [6, 6.07) is 4.07. The van der Waals surface area contributed by atoms with E-state index in [0.717, 1.165) is 27.7 Å². The van der Waals surface area contributed by atoms with Crippen LogP contribution in [0.5, 0.6) is 5.75 Å². The summed E-state index contributed by atoms with van der Waals surface area (Å²) in [5, 5.41) is 12.2. The molecule has 0 aliphatic carbocycles. The minimum absolute atomic E-state index is 0.0456. The molecule has 0 saturated carbocycles. The van der Waals surface area contributed by atoms with Crippen molar-refractivity contribution in [2.24, 2.45) is 0 Å². The first kappa shape index (κ1) is 25.6. The SMILES string of the molecule is CC(=O)OCC1OC(OC(C)=O)[C@@H](NC(=O)c2cccc(O)c2)[C@@H](OC(C)=O)[C@@H]1OC(C)=O. The summed E-state index contributed by atoms with van der Waals surface area (Å²) in [5.74, 6) is -3.90. The van der Waals surface area contributed by atoms with Crippen LogP contribution in [0.15, 0.2) is 24.3 Å². The zero-order chi connectivity index (χ0) is 24.7. The molecule has 5 atom stereocenters. The largest absolute Gasteiger partial charge is 0.508 e. The summed E-state index contributed by atoms with van der Waals surface area (Å²) >= 11 is 0. The van der Waals surface area contributed by atoms with Gasteiger partial charge in [0.1, 0.15) is 24.5 Å². The van der Waals surface area contributed by atoms with Crippen molar-refractivity contribution in [2.75, 3.05) is 6.61 Å². The van der Waals surface area contributed by atoms with E-state index in [1.165, 1.54) is 24.3 Å². The topological polar surface area (TPSA) is 164 Å². The predicted octanol–water partition coefficient (Wildman–Crippen LogP) is 0.205. The predicted molar refractivity (Wildman–Crippen MR) is 108 cm³/mol. The van der Waals surface area contributed by atoms with Crippen molar-refractivity contribution in [3.05, 3.63) is 29.8 Å². The molecular formula is C21H25NO11. The second kappa shape index (κ2) is 11.3. The third-order valence-electron chi connectivity index (χ3n) is 4.39. The number of carbonyl (C=O) groups excluding carboxylic acids is 5. The van der Waals surface area contributed by atoms with Crippen molar-refractivity contribution in [1.82, 2.24) is 5.32 Å². The molecule has 0 aromatic heterocycles. The number of phenolic OH excluding ortho intramolecular Hbond substituents is 1. The van der Waals surface area contributed by atoms with E-state index in [0.29, 0.717) is 0 Å². The molecule has 1 aromatic carbocycles. The lowest BCUT2D eigenvalue weighted by atomic mass is 9.95. The number of phenols is 1. The smallest absolute Gasteiger partial charge is 0.305 e. The number of esters is 4. The van der Waals surface area contributed by atoms with Crippen LogP contribution >= 0.6 is 0 Å². The van der Waals surface area contributed by atoms with E-state index in [9.17, 15) is 29.1 Å². The number of hydrogen-bond acceptors (Lipinski definition) is 11. The molecule has 1 aliphatic rings. The molecule has 1 aromatic rings. The zero-order valence-electron chi connectivity index (χ0n) is 18.4. The molecule has 1 heterocycles. The van der Waals surface area contributed by atoms with E-state index in [2.05, 4.69) is 5.32 Å². The van der Waals surface area contributed by atoms with Crippen LogP contribution in [-0.2, 0) is 42.9 Å². The maximum absolute atomic E-state index is 12.8. The quantitative estimate of drug-likeness (QED) is 0.416. The molecule has 2 rings (SSSR count). The van der Waals surface area contributed by atoms with E-state index in [1.807, 2.05) is 0 Å². The Labute approximate surface area is 189 Å². The Bertz CT molecular complexity index is 915. The molecule has 1 aliphatic heterocycles. The van der Waals surface area contributed by atoms with Crippen LogP contribution in [0.4, 0.5) is 0 Å². The van der Waals surface area contributed by atoms with E-state index >= 15 is 0 Å². The Balaban J connectivity index is 2.45. The average molecular weight is 467 g/mol. The van der Waals surface area contributed by atoms with Crippen LogP contribution in [0, 0.1) is 0 Å². The lowest BCUT2D eigenvalue weighted by Crippen LogP contribution is -2.67. The number of ether oxygens (including phenoxy) is 5. The summed E-state index contributed by atoms with van der Waals surface area (Å²) in [6.07, 6.45) is -5.40. The monoisotopic (exact) mass is 467 g/mol. The van der Waals surface area contributed by atoms with Crippen molar-refractivity contribution in [2.45, 2.75) is 58.3 Å². The third-order valence-corrected chi connectivity index (χ3v) is 4.39. The average Bonchev–Trinajstić information content (AvgIpc) is 2.69. The first-order valence-electron chi connectivity index (χ1n) is 9.88. The van der Waals surface area contributed by atoms with E-state index in [-0.39, 0.29) is 11.3 Å². The maximum Gasteiger partial charge on any atom is 0.305 e. The molecule has 180 valence electrons. The van der Waals surface area contributed by atoms with E-state index in [1.54, 1.807) is 0 Å². The van der Waals surface area contributed by atoms with Crippen LogP contribution < -0.4 is 5.32 Å². The number of hydrogen-bond donors (Lipinski definition) is 2. The minimum atomic E-state index is -1.50. The minimum Gasteiger partial charge on any atom is -0.508 e. The van der Waals surface area contributed by atoms with Gasteiger partial charge in [-0.1, -0.05) is 6.07 Å². The fourth-order valence-electron chi connectivity index (χ4n) is 3.20. The van der Waals surface area contributed by atoms with Crippen LogP contribution in [0.25, 0.3) is 0 Å². The fourth-order valence-corrected chi connectivity index (χ4v) is 3.20. The van der Waals surface area contributed by atoms with E-state index < -0.39 is 67.0 Å². The van der Waals surface area contributed by atoms with E-state index in [4.69, 9.17) is 23.7 Å². The van der Waals surface area contributed by atoms with Gasteiger partial charge in [-0.25, -0.2) is 0 Å². The lowest BCUT2D eigenvalue weighted by molar-refractivity contribution is -0.270. The number of amides is 1. The standard InChI is InChI=1S/C21H25NO11/c1-10(23)29-9-16-18(30-11(2)24)19(31-12(3)25)17(21(33-16)32-13(4)26)22-20(28)14-6-5-7-15(27)8-14/h5-8,16-19,21,27H,9H2,1-4H3,(H,22,28)/t16?,17-,18+,19+,21?/m0/s1. The van der Waals surface area contributed by atoms with Crippen LogP contribution in [0.2, 0.25) is 0 Å². The first-order chi connectivity index (χ1) is 15.5. The Morgan fingerprint density at radius 1 is 0.909 bits per heavy atom. The van der Waals surface area contributed by atoms with Gasteiger partial charge in [0.05, 0.1) is 0 Å². The first-order valence-corrected chi connectivity index (χ1v) is 9.88. The van der Waals surface area contributed by atoms with Crippen molar-refractivity contribution < 1.29 is 52.8 Å². The highest BCUT2D eigenvalue weighted by Gasteiger charge is 2.52. The second-order valence-corrected chi connectivity index (χ2v) is 7.15. The van der Waals surface area contributed by atoms with Crippen molar-refractivity contribution >= 4 is 29.8 Å². The summed E-state index contributed by atoms with van der Waals surface area (Å²) in [7, 11) is 0. The summed E-state index contributed by atoms with van der Waals surface area (Å²) in [4.78, 5) is 59.4. The van der Waals surface area contributed by atoms with Gasteiger partial charge in [-0.3, -0.25) is 24.0 Å². The van der Waals surface area contributed by atoms with Crippen molar-refractivity contribution in [1.29, 1.82) is 0 Å². The molecular weight excluding hydrogens is 442 g/mol. The van der Waals surface area contributed by atoms with Gasteiger partial charge in [0.15, 0.2) is 12.2 Å². The maximum atomic E-state index is 12.8. The molecule has 2 unspecified atom stereocenters. The van der Waals surface area contributed by atoms with Crippen LogP contribution in [0.1, 0.15) is 38.1 Å². The third kappa shape index (κ3) is 7.45. The summed E-state index contributed by atoms with van der Waals surface area (Å²) < 4.78 is 26.4. The Morgan fingerprint density at radius 2 is 1.52 bits per heavy atom. The highest BCUT2D eigenvalue weighted by Crippen LogP contribution is 2.28. The molecule has 12 heteroatoms. The molecule has 1 fully saturated rings. The van der Waals surface area contributed by atoms with Gasteiger partial charge in [0.25, 0.3) is 5.91 Å². The van der Waals surface area contributed by atoms with Crippen molar-refractivity contribution in [3.8, 4) is 5.75 Å². The molecule has 33 heavy (non-hydrogen) atoms. The Hall–Kier alpha value is -3.67. The molecule has 2 N–H and O–H groups in total. The highest BCUT2D eigenvalue weighted by molar-refractivity contribution is 5.94. The Kier molecular flexibility index (Phi) is 8.74. The lowest BCUT2D eigenvalue weighted by Gasteiger charge is -2.44. The van der Waals surface area contributed by atoms with Crippen LogP contribution in [-0.4, -0.2) is 72.1 Å². The zero-order valence-corrected chi connectivity index (χ0v) is 18.4. The van der Waals surface area contributed by atoms with Gasteiger partial charge < -0.3 is 34.1 Å². The van der Waals surface area contributed by atoms with Crippen LogP contribution in [0.3, 0.4) is 0 Å². The molecule has 1 amide bonds. The molecule has 0 radical (unpaired) electrons. The molecule has 1 saturated heterocycles. The number of nitrogens with one attached hydrogen (secondary N) is 1. The van der Waals surface area contributed by atoms with Gasteiger partial charge >= 0.3 is 23.9 Å². The fraction of sp³-hybridized carbons (Fsp3) is 0.476. The number of aromatic hydroxyl groups is 1. The Morgan fingerprint density at radius 3 is 2.06 bits per heavy atom. The highest BCUT2D eigenvalue weighted by atomic mass is 16.7. The molecule has 0 spiro atoms. The number of benzene rings is 1. The number of rotatable bonds is 7. The normalized spacial score (nSPS) is 24.2. The van der Waals surface area contributed by atoms with Gasteiger partial charge in [0.2, 0.25) is 6.29 Å². The summed E-state index contributed by atoms with van der Waals surface area (Å²) in [5.41, 5.74) is 0.0456. The molecule has 0 bridgehead atoms. The van der Waals surface area contributed by atoms with Gasteiger partial charge in [-0.05, 0) is 18.2 Å². The summed E-state index contributed by atoms with van der Waals surface area (Å²) in [6.45, 7) is 4.02. The van der Waals surface area contributed by atoms with Crippen molar-refractivity contribution in [3.63, 3.8) is 0 Å². The number of carbonyl (C=O) groups is 5. The van der Waals surface area contributed by atoms with Gasteiger partial charge in [0, 0.05) is 33.3 Å². The van der Waals surface area contributed by atoms with Gasteiger partial charge in [-0.2, -0.15) is 0 Å². The van der Waals surface area contributed by atoms with Gasteiger partial charge in [-0.15, -0.1) is 0 Å². The molecule has 12 nitrogen and oxygen atoms in total. The second-order valence-electron chi connectivity index (χ2n) is 7.15.